The van der Waals surface area contributed by atoms with E-state index in [-0.39, 0.29) is 0 Å². The monoisotopic (exact) mass is 338 g/mol. The van der Waals surface area contributed by atoms with Gasteiger partial charge in [-0.3, -0.25) is 4.72 Å². The predicted molar refractivity (Wildman–Crippen MR) is 93.4 cm³/mol. The average molecular weight is 339 g/mol. The topological polar surface area (TPSA) is 24.1 Å². The van der Waals surface area contributed by atoms with Crippen LogP contribution in [0, 0.1) is 5.92 Å². The van der Waals surface area contributed by atoms with Crippen molar-refractivity contribution in [3.05, 3.63) is 22.7 Å². The van der Waals surface area contributed by atoms with Gasteiger partial charge < -0.3 is 5.32 Å². The van der Waals surface area contributed by atoms with Crippen LogP contribution in [0.5, 0.6) is 0 Å². The number of anilines is 1. The molecule has 0 unspecified atom stereocenters. The molecule has 0 radical (unpaired) electrons. The average Bonchev–Trinajstić information content (AvgIpc) is 3.26. The number of thiophene rings is 1. The highest BCUT2D eigenvalue weighted by atomic mass is 32.2. The maximum absolute atomic E-state index is 13.0. The molecule has 120 valence electrons. The van der Waals surface area contributed by atoms with Crippen LogP contribution in [0.2, 0.25) is 0 Å². The summed E-state index contributed by atoms with van der Waals surface area (Å²) in [7, 11) is 0. The van der Waals surface area contributed by atoms with Crippen LogP contribution < -0.4 is 10.0 Å². The van der Waals surface area contributed by atoms with Gasteiger partial charge in [-0.2, -0.15) is 0 Å². The lowest BCUT2D eigenvalue weighted by Crippen LogP contribution is -2.38. The number of rotatable bonds is 6. The van der Waals surface area contributed by atoms with Crippen LogP contribution in [0.25, 0.3) is 0 Å². The van der Waals surface area contributed by atoms with Gasteiger partial charge in [0.2, 0.25) is 0 Å². The third-order valence-corrected chi connectivity index (χ3v) is 7.32. The maximum Gasteiger partial charge on any atom is 0.108 e. The fourth-order valence-corrected chi connectivity index (χ4v) is 5.70. The lowest BCUT2D eigenvalue weighted by atomic mass is 9.92. The second-order valence-corrected chi connectivity index (χ2v) is 8.73. The summed E-state index contributed by atoms with van der Waals surface area (Å²) in [5.41, 5.74) is 2.70. The molecule has 0 spiro atoms. The SMILES string of the molecule is C=C(Nc1sc2c(c1SNC1CC(F)C1)CCCC2)C1CC1. The van der Waals surface area contributed by atoms with Crippen molar-refractivity contribution in [3.63, 3.8) is 0 Å². The molecule has 0 saturated heterocycles. The summed E-state index contributed by atoms with van der Waals surface area (Å²) in [6.45, 7) is 4.21. The van der Waals surface area contributed by atoms with Crippen LogP contribution in [0.3, 0.4) is 0 Å². The molecule has 2 N–H and O–H groups in total. The molecule has 1 aromatic rings. The van der Waals surface area contributed by atoms with E-state index >= 15 is 0 Å². The fraction of sp³-hybridized carbons (Fsp3) is 0.647. The Balaban J connectivity index is 1.50. The van der Waals surface area contributed by atoms with Crippen molar-refractivity contribution in [2.45, 2.75) is 68.5 Å². The van der Waals surface area contributed by atoms with Crippen molar-refractivity contribution in [3.8, 4) is 0 Å². The molecular weight excluding hydrogens is 315 g/mol. The minimum Gasteiger partial charge on any atom is -0.350 e. The molecule has 0 aromatic carbocycles. The van der Waals surface area contributed by atoms with Crippen molar-refractivity contribution in [2.24, 2.45) is 5.92 Å². The molecule has 2 fully saturated rings. The molecular formula is C17H23FN2S2. The molecule has 2 saturated carbocycles. The number of alkyl halides is 1. The highest BCUT2D eigenvalue weighted by molar-refractivity contribution is 7.97. The summed E-state index contributed by atoms with van der Waals surface area (Å²) in [5.74, 6) is 0.670. The van der Waals surface area contributed by atoms with E-state index in [1.165, 1.54) is 59.7 Å². The van der Waals surface area contributed by atoms with Crippen LogP contribution in [0.1, 0.15) is 49.0 Å². The van der Waals surface area contributed by atoms with Gasteiger partial charge in [-0.05, 0) is 74.8 Å². The quantitative estimate of drug-likeness (QED) is 0.709. The van der Waals surface area contributed by atoms with E-state index in [4.69, 9.17) is 0 Å². The molecule has 0 amide bonds. The first-order valence-corrected chi connectivity index (χ1v) is 10.0. The molecule has 5 heteroatoms. The summed E-state index contributed by atoms with van der Waals surface area (Å²) >= 11 is 3.63. The van der Waals surface area contributed by atoms with Gasteiger partial charge in [-0.25, -0.2) is 4.39 Å². The number of nitrogens with one attached hydrogen (secondary N) is 2. The number of halogens is 1. The zero-order valence-electron chi connectivity index (χ0n) is 12.8. The normalized spacial score (nSPS) is 27.1. The Labute approximate surface area is 140 Å². The third-order valence-electron chi connectivity index (χ3n) is 4.88. The minimum atomic E-state index is -0.596. The summed E-state index contributed by atoms with van der Waals surface area (Å²) in [5, 5.41) is 4.85. The summed E-state index contributed by atoms with van der Waals surface area (Å²) in [4.78, 5) is 2.89. The number of allylic oxidation sites excluding steroid dienone is 1. The van der Waals surface area contributed by atoms with Crippen LogP contribution >= 0.6 is 23.3 Å². The fourth-order valence-electron chi connectivity index (χ4n) is 3.19. The third kappa shape index (κ3) is 3.08. The number of fused-ring (bicyclic) bond motifs is 1. The number of aryl methyl sites for hydroxylation is 1. The van der Waals surface area contributed by atoms with Crippen LogP contribution in [-0.4, -0.2) is 12.2 Å². The highest BCUT2D eigenvalue weighted by Gasteiger charge is 2.31. The van der Waals surface area contributed by atoms with Gasteiger partial charge >= 0.3 is 0 Å². The van der Waals surface area contributed by atoms with Crippen LogP contribution in [0.15, 0.2) is 17.2 Å². The predicted octanol–water partition coefficient (Wildman–Crippen LogP) is 5.06. The van der Waals surface area contributed by atoms with Crippen molar-refractivity contribution in [1.29, 1.82) is 0 Å². The van der Waals surface area contributed by atoms with Crippen LogP contribution in [0.4, 0.5) is 9.39 Å². The first-order chi connectivity index (χ1) is 10.7. The largest absolute Gasteiger partial charge is 0.350 e. The van der Waals surface area contributed by atoms with Gasteiger partial charge in [0, 0.05) is 16.6 Å². The second kappa shape index (κ2) is 6.17. The van der Waals surface area contributed by atoms with Crippen LogP contribution in [-0.2, 0) is 12.8 Å². The van der Waals surface area contributed by atoms with E-state index in [1.54, 1.807) is 16.8 Å². The van der Waals surface area contributed by atoms with E-state index in [0.29, 0.717) is 24.8 Å². The van der Waals surface area contributed by atoms with Gasteiger partial charge in [-0.1, -0.05) is 6.58 Å². The molecule has 1 aromatic heterocycles. The van der Waals surface area contributed by atoms with E-state index < -0.39 is 6.17 Å². The Hall–Kier alpha value is -0.520. The zero-order valence-corrected chi connectivity index (χ0v) is 14.4. The van der Waals surface area contributed by atoms with Crippen molar-refractivity contribution < 1.29 is 4.39 Å². The minimum absolute atomic E-state index is 0.332. The lowest BCUT2D eigenvalue weighted by molar-refractivity contribution is 0.173. The van der Waals surface area contributed by atoms with Crippen molar-refractivity contribution in [1.82, 2.24) is 4.72 Å². The molecule has 4 rings (SSSR count). The Bertz CT molecular complexity index is 573. The van der Waals surface area contributed by atoms with Gasteiger partial charge in [-0.15, -0.1) is 11.3 Å². The summed E-state index contributed by atoms with van der Waals surface area (Å²) in [6.07, 6.45) is 8.27. The lowest BCUT2D eigenvalue weighted by Gasteiger charge is -2.30. The molecule has 0 aliphatic heterocycles. The van der Waals surface area contributed by atoms with E-state index in [1.807, 2.05) is 11.3 Å². The first kappa shape index (κ1) is 15.0. The maximum atomic E-state index is 13.0. The Morgan fingerprint density at radius 2 is 2.00 bits per heavy atom. The number of hydrogen-bond donors (Lipinski definition) is 2. The Morgan fingerprint density at radius 3 is 2.73 bits per heavy atom. The van der Waals surface area contributed by atoms with E-state index in [9.17, 15) is 4.39 Å². The highest BCUT2D eigenvalue weighted by Crippen LogP contribution is 2.45. The molecule has 0 atom stereocenters. The number of hydrogen-bond acceptors (Lipinski definition) is 4. The Kier molecular flexibility index (Phi) is 4.22. The second-order valence-electron chi connectivity index (χ2n) is 6.78. The van der Waals surface area contributed by atoms with E-state index in [0.717, 1.165) is 0 Å². The van der Waals surface area contributed by atoms with Gasteiger partial charge in [0.1, 0.15) is 11.2 Å². The molecule has 1 heterocycles. The summed E-state index contributed by atoms with van der Waals surface area (Å²) in [6, 6.07) is 0.332. The standard InChI is InChI=1S/C17H23FN2S2/c1-10(11-6-7-11)19-17-16(22-20-13-8-12(18)9-13)14-4-2-3-5-15(14)21-17/h11-13,19-20H,1-9H2. The molecule has 0 bridgehead atoms. The summed E-state index contributed by atoms with van der Waals surface area (Å²) < 4.78 is 16.5. The molecule has 22 heavy (non-hydrogen) atoms. The van der Waals surface area contributed by atoms with Crippen molar-refractivity contribution in [2.75, 3.05) is 5.32 Å². The molecule has 3 aliphatic carbocycles. The smallest absolute Gasteiger partial charge is 0.108 e. The van der Waals surface area contributed by atoms with Gasteiger partial charge in [0.05, 0.1) is 4.90 Å². The van der Waals surface area contributed by atoms with Gasteiger partial charge in [0.25, 0.3) is 0 Å². The van der Waals surface area contributed by atoms with Gasteiger partial charge in [0.15, 0.2) is 0 Å². The molecule has 2 nitrogen and oxygen atoms in total. The zero-order chi connectivity index (χ0) is 15.1. The first-order valence-electron chi connectivity index (χ1n) is 8.37. The molecule has 3 aliphatic rings. The van der Waals surface area contributed by atoms with E-state index in [2.05, 4.69) is 16.6 Å². The Morgan fingerprint density at radius 1 is 1.23 bits per heavy atom. The van der Waals surface area contributed by atoms with Crippen molar-refractivity contribution >= 4 is 28.3 Å².